The quantitative estimate of drug-likeness (QED) is 0.0725. The van der Waals surface area contributed by atoms with Crippen molar-refractivity contribution in [2.24, 2.45) is 15.9 Å². The van der Waals surface area contributed by atoms with E-state index in [1.807, 2.05) is 91.0 Å². The van der Waals surface area contributed by atoms with Crippen LogP contribution >= 0.6 is 0 Å². The molecule has 64 heavy (non-hydrogen) atoms. The molecule has 1 saturated heterocycles. The molecule has 4 N–H and O–H groups in total. The molecule has 4 aromatic carbocycles. The Kier molecular flexibility index (Phi) is 9.40. The number of amides is 1. The molecule has 11 nitrogen and oxygen atoms in total. The Labute approximate surface area is 367 Å². The van der Waals surface area contributed by atoms with E-state index in [0.29, 0.717) is 24.5 Å². The Balaban J connectivity index is 1.06. The van der Waals surface area contributed by atoms with Crippen LogP contribution in [0.2, 0.25) is 0 Å². The number of aliphatic imine (C=N–C) groups is 2. The van der Waals surface area contributed by atoms with Gasteiger partial charge in [0, 0.05) is 33.7 Å². The van der Waals surface area contributed by atoms with E-state index in [4.69, 9.17) is 19.5 Å². The summed E-state index contributed by atoms with van der Waals surface area (Å²) in [4.78, 5) is 41.7. The van der Waals surface area contributed by atoms with Crippen LogP contribution in [-0.4, -0.2) is 67.9 Å². The summed E-state index contributed by atoms with van der Waals surface area (Å²) in [6.07, 6.45) is 15.8. The highest BCUT2D eigenvalue weighted by Gasteiger charge is 2.39. The van der Waals surface area contributed by atoms with Crippen molar-refractivity contribution in [2.45, 2.75) is 12.6 Å². The zero-order chi connectivity index (χ0) is 43.5. The largest absolute Gasteiger partial charge is 0.508 e. The normalized spacial score (nSPS) is 19.7. The number of aromatic hydroxyl groups is 3. The van der Waals surface area contributed by atoms with Crippen LogP contribution in [0.25, 0.3) is 22.3 Å². The second-order valence-electron chi connectivity index (χ2n) is 16.1. The average Bonchev–Trinajstić information content (AvgIpc) is 4.16. The van der Waals surface area contributed by atoms with Crippen LogP contribution in [0.1, 0.15) is 40.1 Å². The summed E-state index contributed by atoms with van der Waals surface area (Å²) in [6.45, 7) is 0.0775. The molecule has 11 heteroatoms. The number of aromatic amines is 1. The number of benzene rings is 4. The van der Waals surface area contributed by atoms with Crippen LogP contribution in [0.3, 0.4) is 0 Å². The molecule has 1 aromatic heterocycles. The first kappa shape index (κ1) is 38.6. The number of nitrogens with zero attached hydrogens (tertiary/aromatic N) is 3. The van der Waals surface area contributed by atoms with Crippen molar-refractivity contribution in [3.05, 3.63) is 214 Å². The van der Waals surface area contributed by atoms with Gasteiger partial charge in [0.2, 0.25) is 5.91 Å². The van der Waals surface area contributed by atoms with Gasteiger partial charge in [-0.15, -0.1) is 0 Å². The lowest BCUT2D eigenvalue weighted by atomic mass is 9.91. The summed E-state index contributed by atoms with van der Waals surface area (Å²) in [5.74, 6) is -0.330. The van der Waals surface area contributed by atoms with Crippen molar-refractivity contribution in [1.82, 2.24) is 9.88 Å². The van der Waals surface area contributed by atoms with E-state index >= 15 is 0 Å². The molecular weight excluding hydrogens is 805 g/mol. The van der Waals surface area contributed by atoms with Crippen molar-refractivity contribution in [3.8, 4) is 23.0 Å². The summed E-state index contributed by atoms with van der Waals surface area (Å²) >= 11 is 0. The first-order valence-electron chi connectivity index (χ1n) is 20.9. The Morgan fingerprint density at radius 3 is 1.53 bits per heavy atom. The Morgan fingerprint density at radius 2 is 1.08 bits per heavy atom. The third-order valence-corrected chi connectivity index (χ3v) is 12.0. The molecule has 1 amide bonds. The number of ether oxygens (including phenoxy) is 2. The first-order chi connectivity index (χ1) is 31.2. The highest BCUT2D eigenvalue weighted by atomic mass is 16.5. The van der Waals surface area contributed by atoms with E-state index in [1.165, 1.54) is 4.90 Å². The fraction of sp³-hybridized carbons (Fsp3) is 0.0943. The maximum absolute atomic E-state index is 13.1. The van der Waals surface area contributed by atoms with E-state index in [9.17, 15) is 24.9 Å². The van der Waals surface area contributed by atoms with Gasteiger partial charge >= 0.3 is 5.97 Å². The number of rotatable bonds is 7. The molecule has 7 aliphatic rings. The van der Waals surface area contributed by atoms with Gasteiger partial charge in [0.25, 0.3) is 0 Å². The van der Waals surface area contributed by atoms with Gasteiger partial charge in [-0.2, -0.15) is 0 Å². The number of esters is 1. The molecule has 0 spiro atoms. The maximum atomic E-state index is 13.1. The Bertz CT molecular complexity index is 3120. The molecule has 2 atom stereocenters. The Hall–Kier alpha value is -8.28. The number of aromatic nitrogens is 1. The number of fused-ring (bicyclic) bond motifs is 8. The zero-order valence-electron chi connectivity index (χ0n) is 34.1. The van der Waals surface area contributed by atoms with E-state index in [1.54, 1.807) is 54.6 Å². The predicted octanol–water partition coefficient (Wildman–Crippen LogP) is 8.83. The summed E-state index contributed by atoms with van der Waals surface area (Å²) < 4.78 is 11.4. The molecule has 2 unspecified atom stereocenters. The Morgan fingerprint density at radius 1 is 0.609 bits per heavy atom. The van der Waals surface area contributed by atoms with E-state index < -0.39 is 12.2 Å². The number of phenolic OH excluding ortho intramolecular Hbond substituents is 3. The number of carbonyl (C=O) groups excluding carboxylic acids is 2. The molecule has 1 aliphatic carbocycles. The molecular formula is C53H38N4O7. The lowest BCUT2D eigenvalue weighted by Crippen LogP contribution is -2.54. The third kappa shape index (κ3) is 7.03. The van der Waals surface area contributed by atoms with Crippen molar-refractivity contribution in [2.75, 3.05) is 13.2 Å². The minimum absolute atomic E-state index is 0.143. The lowest BCUT2D eigenvalue weighted by Gasteiger charge is -2.39. The van der Waals surface area contributed by atoms with Crippen LogP contribution in [-0.2, 0) is 14.3 Å². The molecule has 0 saturated carbocycles. The molecule has 1 fully saturated rings. The second kappa shape index (κ2) is 15.6. The van der Waals surface area contributed by atoms with Crippen LogP contribution < -0.4 is 4.74 Å². The highest BCUT2D eigenvalue weighted by molar-refractivity contribution is 6.34. The number of phenols is 3. The van der Waals surface area contributed by atoms with Crippen molar-refractivity contribution in [1.29, 1.82) is 0 Å². The van der Waals surface area contributed by atoms with Crippen LogP contribution in [0.5, 0.6) is 23.0 Å². The fourth-order valence-electron chi connectivity index (χ4n) is 8.99. The lowest BCUT2D eigenvalue weighted by molar-refractivity contribution is -0.168. The average molecular weight is 843 g/mol. The van der Waals surface area contributed by atoms with Gasteiger partial charge in [-0.1, -0.05) is 66.8 Å². The molecule has 10 bridgehead atoms. The van der Waals surface area contributed by atoms with Gasteiger partial charge in [0.15, 0.2) is 6.23 Å². The van der Waals surface area contributed by atoms with Gasteiger partial charge in [-0.05, 0) is 131 Å². The molecule has 5 aromatic rings. The van der Waals surface area contributed by atoms with Crippen molar-refractivity contribution >= 4 is 45.6 Å². The number of nitrogens with one attached hydrogen (secondary N) is 1. The molecule has 0 radical (unpaired) electrons. The predicted molar refractivity (Wildman–Crippen MR) is 244 cm³/mol. The summed E-state index contributed by atoms with van der Waals surface area (Å²) in [6, 6.07) is 32.6. The van der Waals surface area contributed by atoms with Gasteiger partial charge in [-0.3, -0.25) is 4.79 Å². The molecule has 312 valence electrons. The monoisotopic (exact) mass is 842 g/mol. The van der Waals surface area contributed by atoms with Crippen LogP contribution in [0.15, 0.2) is 190 Å². The number of hydrogen-bond acceptors (Lipinski definition) is 9. The standard InChI is InChI=1S/C53H38N4O7/c58-37-12-3-30(4-13-37)49-34-1-2-35(27-34)50(31-9-18-40(19-10-31)64-48(61)28-57-47-26-11-36(29-63-47)53(57)62)42-21-23-44(55-42)52(33-7-16-39(60)17-8-33)46-25-24-45(56-46)51(43-22-20-41(49)54-43)32-5-14-38(59)15-6-32/h1-26,36,47,56,58-60H,27-29H2. The maximum Gasteiger partial charge on any atom is 0.331 e. The minimum atomic E-state index is -0.580. The first-order valence-corrected chi connectivity index (χ1v) is 20.9. The summed E-state index contributed by atoms with van der Waals surface area (Å²) in [5.41, 5.74) is 13.3. The number of H-pyrrole nitrogens is 1. The zero-order valence-corrected chi connectivity index (χ0v) is 34.1. The van der Waals surface area contributed by atoms with Crippen molar-refractivity contribution in [3.63, 3.8) is 0 Å². The SMILES string of the molecule is O=C(CN1C(=O)C2C=CC1OC2)Oc1ccc(C2=C3C=CC(=C(c4ccc(O)cc4)C4=NC(=C(c5ccc(O)cc5)c5ccc([nH]5)C(c5ccc(O)cc5)=C5C=CC2=N5)C=C4)C3)cc1. The van der Waals surface area contributed by atoms with Gasteiger partial charge in [0.1, 0.15) is 29.5 Å². The smallest absolute Gasteiger partial charge is 0.331 e. The number of allylic oxidation sites excluding steroid dienone is 10. The summed E-state index contributed by atoms with van der Waals surface area (Å²) in [5, 5.41) is 30.9. The number of carbonyl (C=O) groups is 2. The van der Waals surface area contributed by atoms with Gasteiger partial charge < -0.3 is 34.7 Å². The van der Waals surface area contributed by atoms with E-state index in [-0.39, 0.29) is 35.6 Å². The van der Waals surface area contributed by atoms with Gasteiger partial charge in [0.05, 0.1) is 35.3 Å². The second-order valence-corrected chi connectivity index (χ2v) is 16.1. The molecule has 6 aliphatic heterocycles. The topological polar surface area (TPSA) is 157 Å². The minimum Gasteiger partial charge on any atom is -0.508 e. The number of hydrogen-bond donors (Lipinski definition) is 4. The van der Waals surface area contributed by atoms with E-state index in [0.717, 1.165) is 84.2 Å². The molecule has 12 rings (SSSR count). The summed E-state index contributed by atoms with van der Waals surface area (Å²) in [7, 11) is 0. The van der Waals surface area contributed by atoms with Crippen molar-refractivity contribution < 1.29 is 34.4 Å². The third-order valence-electron chi connectivity index (χ3n) is 12.0. The van der Waals surface area contributed by atoms with Crippen LogP contribution in [0.4, 0.5) is 0 Å². The molecule has 7 heterocycles. The van der Waals surface area contributed by atoms with E-state index in [2.05, 4.69) is 17.1 Å². The highest BCUT2D eigenvalue weighted by Crippen LogP contribution is 2.42. The fourth-order valence-corrected chi connectivity index (χ4v) is 8.99. The van der Waals surface area contributed by atoms with Gasteiger partial charge in [-0.25, -0.2) is 14.8 Å². The van der Waals surface area contributed by atoms with Crippen LogP contribution in [0, 0.1) is 5.92 Å².